The Morgan fingerprint density at radius 2 is 1.45 bits per heavy atom. The largest absolute Gasteiger partial charge is 0.325 e. The molecule has 0 heterocycles. The van der Waals surface area contributed by atoms with Crippen LogP contribution in [0.25, 0.3) is 0 Å². The van der Waals surface area contributed by atoms with Crippen molar-refractivity contribution in [3.8, 4) is 0 Å². The van der Waals surface area contributed by atoms with Gasteiger partial charge in [-0.3, -0.25) is 0 Å². The number of hydrogen-bond donors (Lipinski definition) is 1. The zero-order valence-corrected chi connectivity index (χ0v) is 15.6. The van der Waals surface area contributed by atoms with Crippen LogP contribution in [0.3, 0.4) is 0 Å². The lowest BCUT2D eigenvalue weighted by atomic mass is 9.80. The van der Waals surface area contributed by atoms with Crippen molar-refractivity contribution in [1.82, 2.24) is 0 Å². The molecule has 1 aromatic rings. The van der Waals surface area contributed by atoms with Gasteiger partial charge in [0.25, 0.3) is 0 Å². The average Bonchev–Trinajstić information content (AvgIpc) is 2.45. The summed E-state index contributed by atoms with van der Waals surface area (Å²) in [5.41, 5.74) is 7.74. The normalized spacial score (nSPS) is 12.7. The molecule has 1 rings (SSSR count). The third kappa shape index (κ3) is 9.48. The second-order valence-electron chi connectivity index (χ2n) is 7.12. The molecule has 0 saturated heterocycles. The first-order valence-electron chi connectivity index (χ1n) is 8.87. The summed E-state index contributed by atoms with van der Waals surface area (Å²) < 4.78 is 0. The fraction of sp³-hybridized carbons (Fsp3) is 0.700. The van der Waals surface area contributed by atoms with Crippen LogP contribution in [-0.2, 0) is 6.42 Å². The molecule has 0 aliphatic heterocycles. The van der Waals surface area contributed by atoms with Crippen LogP contribution in [0.2, 0.25) is 0 Å². The Morgan fingerprint density at radius 3 is 2.00 bits per heavy atom. The van der Waals surface area contributed by atoms with Gasteiger partial charge in [-0.15, -0.1) is 12.4 Å². The maximum Gasteiger partial charge on any atom is 0.0129 e. The van der Waals surface area contributed by atoms with E-state index in [1.54, 1.807) is 0 Å². The topological polar surface area (TPSA) is 26.0 Å². The number of rotatable bonds is 11. The van der Waals surface area contributed by atoms with E-state index in [2.05, 4.69) is 51.1 Å². The summed E-state index contributed by atoms with van der Waals surface area (Å²) in [6.07, 6.45) is 12.0. The van der Waals surface area contributed by atoms with E-state index in [9.17, 15) is 0 Å². The highest BCUT2D eigenvalue weighted by Crippen LogP contribution is 2.25. The third-order valence-electron chi connectivity index (χ3n) is 4.53. The summed E-state index contributed by atoms with van der Waals surface area (Å²) in [5, 5.41) is 0. The standard InChI is InChI=1S/C20H35N.ClH/c1-4-5-6-7-8-9-13-16-19(20(2,3)21)17-18-14-11-10-12-15-18;/h10-12,14-15,19H,4-9,13,16-17,21H2,1-3H3;1H. The van der Waals surface area contributed by atoms with Gasteiger partial charge >= 0.3 is 0 Å². The van der Waals surface area contributed by atoms with Gasteiger partial charge in [0, 0.05) is 5.54 Å². The van der Waals surface area contributed by atoms with Gasteiger partial charge in [0.05, 0.1) is 0 Å². The molecule has 1 atom stereocenters. The van der Waals surface area contributed by atoms with Crippen LogP contribution in [-0.4, -0.2) is 5.54 Å². The summed E-state index contributed by atoms with van der Waals surface area (Å²) in [5.74, 6) is 0.579. The Labute approximate surface area is 144 Å². The van der Waals surface area contributed by atoms with Crippen molar-refractivity contribution < 1.29 is 0 Å². The number of benzene rings is 1. The van der Waals surface area contributed by atoms with Crippen LogP contribution in [0.5, 0.6) is 0 Å². The quantitative estimate of drug-likeness (QED) is 0.485. The van der Waals surface area contributed by atoms with Gasteiger partial charge < -0.3 is 5.73 Å². The Morgan fingerprint density at radius 1 is 0.909 bits per heavy atom. The van der Waals surface area contributed by atoms with Crippen LogP contribution in [0.15, 0.2) is 30.3 Å². The summed E-state index contributed by atoms with van der Waals surface area (Å²) in [7, 11) is 0. The predicted molar refractivity (Wildman–Crippen MR) is 102 cm³/mol. The first-order chi connectivity index (χ1) is 10.0. The summed E-state index contributed by atoms with van der Waals surface area (Å²) in [6.45, 7) is 6.64. The minimum Gasteiger partial charge on any atom is -0.325 e. The molecule has 1 nitrogen and oxygen atoms in total. The molecule has 0 aliphatic carbocycles. The Bertz CT molecular complexity index is 356. The second-order valence-corrected chi connectivity index (χ2v) is 7.12. The van der Waals surface area contributed by atoms with Crippen molar-refractivity contribution in [3.05, 3.63) is 35.9 Å². The lowest BCUT2D eigenvalue weighted by Crippen LogP contribution is -2.42. The fourth-order valence-electron chi connectivity index (χ4n) is 2.98. The molecule has 22 heavy (non-hydrogen) atoms. The minimum absolute atomic E-state index is 0. The van der Waals surface area contributed by atoms with Crippen LogP contribution < -0.4 is 5.73 Å². The van der Waals surface area contributed by atoms with E-state index < -0.39 is 0 Å². The molecule has 0 aliphatic rings. The molecule has 0 aromatic heterocycles. The maximum absolute atomic E-state index is 6.41. The molecule has 1 unspecified atom stereocenters. The monoisotopic (exact) mass is 325 g/mol. The van der Waals surface area contributed by atoms with Gasteiger partial charge in [0.15, 0.2) is 0 Å². The van der Waals surface area contributed by atoms with Crippen LogP contribution in [0, 0.1) is 5.92 Å². The molecular formula is C20H36ClN. The molecule has 2 N–H and O–H groups in total. The lowest BCUT2D eigenvalue weighted by Gasteiger charge is -2.31. The van der Waals surface area contributed by atoms with Crippen LogP contribution in [0.4, 0.5) is 0 Å². The van der Waals surface area contributed by atoms with E-state index in [-0.39, 0.29) is 17.9 Å². The van der Waals surface area contributed by atoms with E-state index in [0.717, 1.165) is 6.42 Å². The maximum atomic E-state index is 6.41. The SMILES string of the molecule is CCCCCCCCCC(Cc1ccccc1)C(C)(C)N.Cl. The van der Waals surface area contributed by atoms with E-state index >= 15 is 0 Å². The molecule has 0 saturated carbocycles. The Hall–Kier alpha value is -0.530. The number of hydrogen-bond acceptors (Lipinski definition) is 1. The first kappa shape index (κ1) is 21.5. The van der Waals surface area contributed by atoms with Crippen molar-refractivity contribution in [1.29, 1.82) is 0 Å². The fourth-order valence-corrected chi connectivity index (χ4v) is 2.98. The summed E-state index contributed by atoms with van der Waals surface area (Å²) in [6, 6.07) is 10.8. The molecule has 0 spiro atoms. The van der Waals surface area contributed by atoms with Crippen LogP contribution >= 0.6 is 12.4 Å². The molecule has 0 radical (unpaired) electrons. The Kier molecular flexibility index (Phi) is 11.7. The van der Waals surface area contributed by atoms with E-state index in [1.807, 2.05) is 0 Å². The molecule has 128 valence electrons. The molecular weight excluding hydrogens is 290 g/mol. The molecule has 1 aromatic carbocycles. The van der Waals surface area contributed by atoms with E-state index in [1.165, 1.54) is 56.9 Å². The molecule has 2 heteroatoms. The molecule has 0 amide bonds. The number of unbranched alkanes of at least 4 members (excludes halogenated alkanes) is 6. The highest BCUT2D eigenvalue weighted by Gasteiger charge is 2.24. The zero-order chi connectivity index (χ0) is 15.6. The van der Waals surface area contributed by atoms with Gasteiger partial charge in [0.2, 0.25) is 0 Å². The highest BCUT2D eigenvalue weighted by molar-refractivity contribution is 5.85. The van der Waals surface area contributed by atoms with E-state index in [4.69, 9.17) is 5.73 Å². The van der Waals surface area contributed by atoms with E-state index in [0.29, 0.717) is 5.92 Å². The highest BCUT2D eigenvalue weighted by atomic mass is 35.5. The number of nitrogens with two attached hydrogens (primary N) is 1. The lowest BCUT2D eigenvalue weighted by molar-refractivity contribution is 0.290. The average molecular weight is 326 g/mol. The van der Waals surface area contributed by atoms with Gasteiger partial charge in [-0.25, -0.2) is 0 Å². The van der Waals surface area contributed by atoms with Gasteiger partial charge in [0.1, 0.15) is 0 Å². The van der Waals surface area contributed by atoms with Crippen LogP contribution in [0.1, 0.15) is 77.7 Å². The third-order valence-corrected chi connectivity index (χ3v) is 4.53. The van der Waals surface area contributed by atoms with Gasteiger partial charge in [-0.2, -0.15) is 0 Å². The smallest absolute Gasteiger partial charge is 0.0129 e. The molecule has 0 bridgehead atoms. The van der Waals surface area contributed by atoms with Crippen molar-refractivity contribution in [2.45, 2.75) is 84.1 Å². The van der Waals surface area contributed by atoms with Crippen molar-refractivity contribution in [3.63, 3.8) is 0 Å². The van der Waals surface area contributed by atoms with Crippen molar-refractivity contribution in [2.24, 2.45) is 11.7 Å². The summed E-state index contributed by atoms with van der Waals surface area (Å²) >= 11 is 0. The van der Waals surface area contributed by atoms with Gasteiger partial charge in [-0.05, 0) is 38.2 Å². The zero-order valence-electron chi connectivity index (χ0n) is 14.8. The first-order valence-corrected chi connectivity index (χ1v) is 8.87. The molecule has 0 fully saturated rings. The minimum atomic E-state index is -0.0853. The Balaban J connectivity index is 0.00000441. The predicted octanol–water partition coefficient (Wildman–Crippen LogP) is 6.15. The van der Waals surface area contributed by atoms with Crippen molar-refractivity contribution >= 4 is 12.4 Å². The second kappa shape index (κ2) is 12.0. The summed E-state index contributed by atoms with van der Waals surface area (Å²) in [4.78, 5) is 0. The number of halogens is 1. The van der Waals surface area contributed by atoms with Gasteiger partial charge in [-0.1, -0.05) is 82.2 Å². The van der Waals surface area contributed by atoms with Crippen molar-refractivity contribution in [2.75, 3.05) is 0 Å².